The number of piperazine rings is 1. The summed E-state index contributed by atoms with van der Waals surface area (Å²) >= 11 is 1.15. The van der Waals surface area contributed by atoms with Crippen LogP contribution in [0.15, 0.2) is 41.7 Å². The second kappa shape index (κ2) is 8.47. The Morgan fingerprint density at radius 3 is 2.30 bits per heavy atom. The number of anilines is 2. The summed E-state index contributed by atoms with van der Waals surface area (Å²) in [6.45, 7) is 5.55. The molecule has 1 aromatic heterocycles. The molecule has 8 heteroatoms. The van der Waals surface area contributed by atoms with Crippen molar-refractivity contribution in [3.8, 4) is 0 Å². The van der Waals surface area contributed by atoms with Crippen LogP contribution in [0, 0.1) is 5.82 Å². The van der Waals surface area contributed by atoms with E-state index >= 15 is 0 Å². The maximum Gasteiger partial charge on any atom is 0.150 e. The Bertz CT molecular complexity index is 826. The number of thioether (sulfide) groups is 1. The van der Waals surface area contributed by atoms with Crippen LogP contribution in [-0.2, 0) is 9.59 Å². The van der Waals surface area contributed by atoms with Gasteiger partial charge in [-0.2, -0.15) is 0 Å². The third-order valence-electron chi connectivity index (χ3n) is 4.40. The molecule has 0 radical (unpaired) electrons. The predicted octanol–water partition coefficient (Wildman–Crippen LogP) is 2.58. The molecule has 1 aliphatic heterocycles. The number of carbonyl (C=O) groups is 2. The van der Waals surface area contributed by atoms with E-state index in [9.17, 15) is 14.0 Å². The van der Waals surface area contributed by atoms with Gasteiger partial charge >= 0.3 is 0 Å². The van der Waals surface area contributed by atoms with Gasteiger partial charge in [0.15, 0.2) is 11.6 Å². The fraction of sp³-hybridized carbons (Fsp3) is 0.368. The van der Waals surface area contributed by atoms with Gasteiger partial charge in [-0.3, -0.25) is 9.59 Å². The summed E-state index contributed by atoms with van der Waals surface area (Å²) < 4.78 is 14.0. The van der Waals surface area contributed by atoms with Crippen LogP contribution in [-0.4, -0.2) is 53.0 Å². The molecule has 1 aromatic carbocycles. The standard InChI is InChI=1S/C19H21FN4O2S/c1-13(25)19(14(2)26)27-18-11-17(21-12-22-18)24-9-7-23(8-10-24)16-6-4-3-5-15(16)20/h3-6,11-12,19H,7-10H2,1-2H3. The van der Waals surface area contributed by atoms with Gasteiger partial charge in [-0.15, -0.1) is 0 Å². The zero-order valence-corrected chi connectivity index (χ0v) is 16.1. The van der Waals surface area contributed by atoms with Crippen LogP contribution in [0.2, 0.25) is 0 Å². The predicted molar refractivity (Wildman–Crippen MR) is 104 cm³/mol. The van der Waals surface area contributed by atoms with Gasteiger partial charge in [-0.05, 0) is 26.0 Å². The van der Waals surface area contributed by atoms with Crippen LogP contribution in [0.3, 0.4) is 0 Å². The quantitative estimate of drug-likeness (QED) is 0.428. The molecule has 3 rings (SSSR count). The van der Waals surface area contributed by atoms with Crippen LogP contribution >= 0.6 is 11.8 Å². The second-order valence-corrected chi connectivity index (χ2v) is 7.48. The van der Waals surface area contributed by atoms with E-state index in [-0.39, 0.29) is 17.4 Å². The summed E-state index contributed by atoms with van der Waals surface area (Å²) in [5.41, 5.74) is 0.613. The van der Waals surface area contributed by atoms with Crippen molar-refractivity contribution in [2.75, 3.05) is 36.0 Å². The summed E-state index contributed by atoms with van der Waals surface area (Å²) in [6.07, 6.45) is 1.44. The SMILES string of the molecule is CC(=O)C(Sc1cc(N2CCN(c3ccccc3F)CC2)ncn1)C(C)=O. The maximum absolute atomic E-state index is 14.0. The normalized spacial score (nSPS) is 14.5. The smallest absolute Gasteiger partial charge is 0.150 e. The van der Waals surface area contributed by atoms with Gasteiger partial charge in [0.05, 0.1) is 5.69 Å². The Morgan fingerprint density at radius 1 is 1.04 bits per heavy atom. The molecule has 0 atom stereocenters. The molecule has 2 heterocycles. The first-order valence-electron chi connectivity index (χ1n) is 8.69. The van der Waals surface area contributed by atoms with E-state index in [1.54, 1.807) is 18.2 Å². The number of rotatable bonds is 6. The third-order valence-corrected chi connectivity index (χ3v) is 5.77. The Kier molecular flexibility index (Phi) is 6.05. The molecule has 142 valence electrons. The zero-order valence-electron chi connectivity index (χ0n) is 15.3. The van der Waals surface area contributed by atoms with Gasteiger partial charge in [-0.25, -0.2) is 14.4 Å². The van der Waals surface area contributed by atoms with E-state index < -0.39 is 5.25 Å². The first-order chi connectivity index (χ1) is 13.0. The van der Waals surface area contributed by atoms with E-state index in [1.807, 2.05) is 11.0 Å². The van der Waals surface area contributed by atoms with Crippen molar-refractivity contribution < 1.29 is 14.0 Å². The lowest BCUT2D eigenvalue weighted by Gasteiger charge is -2.36. The number of nitrogens with zero attached hydrogens (tertiary/aromatic N) is 4. The number of hydrogen-bond acceptors (Lipinski definition) is 7. The van der Waals surface area contributed by atoms with E-state index in [2.05, 4.69) is 14.9 Å². The highest BCUT2D eigenvalue weighted by Gasteiger charge is 2.23. The van der Waals surface area contributed by atoms with Crippen LogP contribution in [0.25, 0.3) is 0 Å². The van der Waals surface area contributed by atoms with E-state index in [4.69, 9.17) is 0 Å². The van der Waals surface area contributed by atoms with Crippen LogP contribution in [0.1, 0.15) is 13.8 Å². The zero-order chi connectivity index (χ0) is 19.4. The molecule has 0 bridgehead atoms. The van der Waals surface area contributed by atoms with Gasteiger partial charge in [0.1, 0.15) is 28.2 Å². The number of aromatic nitrogens is 2. The van der Waals surface area contributed by atoms with Crippen molar-refractivity contribution in [1.29, 1.82) is 0 Å². The maximum atomic E-state index is 14.0. The first-order valence-corrected chi connectivity index (χ1v) is 9.57. The summed E-state index contributed by atoms with van der Waals surface area (Å²) in [5, 5.41) is -0.155. The highest BCUT2D eigenvalue weighted by Crippen LogP contribution is 2.26. The van der Waals surface area contributed by atoms with Gasteiger partial charge in [0, 0.05) is 32.2 Å². The molecule has 0 aliphatic carbocycles. The molecule has 0 spiro atoms. The van der Waals surface area contributed by atoms with E-state index in [0.29, 0.717) is 36.9 Å². The van der Waals surface area contributed by atoms with Crippen LogP contribution < -0.4 is 9.80 Å². The Balaban J connectivity index is 1.67. The topological polar surface area (TPSA) is 66.4 Å². The largest absolute Gasteiger partial charge is 0.366 e. The van der Waals surface area contributed by atoms with Gasteiger partial charge in [0.2, 0.25) is 0 Å². The average molecular weight is 388 g/mol. The van der Waals surface area contributed by atoms with Crippen molar-refractivity contribution in [2.45, 2.75) is 24.1 Å². The van der Waals surface area contributed by atoms with Crippen molar-refractivity contribution in [3.63, 3.8) is 0 Å². The van der Waals surface area contributed by atoms with Crippen LogP contribution in [0.5, 0.6) is 0 Å². The van der Waals surface area contributed by atoms with E-state index in [0.717, 1.165) is 17.6 Å². The minimum Gasteiger partial charge on any atom is -0.366 e. The number of para-hydroxylation sites is 1. The minimum atomic E-state index is -0.745. The molecule has 0 saturated carbocycles. The van der Waals surface area contributed by atoms with Crippen molar-refractivity contribution in [1.82, 2.24) is 9.97 Å². The number of halogens is 1. The number of Topliss-reactive ketones (excluding diaryl/α,β-unsaturated/α-hetero) is 2. The fourth-order valence-corrected chi connectivity index (χ4v) is 3.88. The van der Waals surface area contributed by atoms with Gasteiger partial charge < -0.3 is 9.80 Å². The molecular formula is C19H21FN4O2S. The Labute approximate surface area is 161 Å². The number of benzene rings is 1. The molecular weight excluding hydrogens is 367 g/mol. The average Bonchev–Trinajstić information content (AvgIpc) is 2.66. The van der Waals surface area contributed by atoms with Gasteiger partial charge in [-0.1, -0.05) is 23.9 Å². The Hall–Kier alpha value is -2.48. The minimum absolute atomic E-state index is 0.189. The number of hydrogen-bond donors (Lipinski definition) is 0. The number of carbonyl (C=O) groups excluding carboxylic acids is 2. The monoisotopic (exact) mass is 388 g/mol. The summed E-state index contributed by atoms with van der Waals surface area (Å²) in [4.78, 5) is 35.9. The number of ketones is 2. The molecule has 0 N–H and O–H groups in total. The van der Waals surface area contributed by atoms with E-state index in [1.165, 1.54) is 26.2 Å². The third kappa shape index (κ3) is 4.63. The molecule has 0 amide bonds. The van der Waals surface area contributed by atoms with Crippen molar-refractivity contribution >= 4 is 34.8 Å². The lowest BCUT2D eigenvalue weighted by atomic mass is 10.2. The summed E-state index contributed by atoms with van der Waals surface area (Å²) in [6, 6.07) is 8.57. The second-order valence-electron chi connectivity index (χ2n) is 6.36. The van der Waals surface area contributed by atoms with Gasteiger partial charge in [0.25, 0.3) is 0 Å². The molecule has 1 saturated heterocycles. The lowest BCUT2D eigenvalue weighted by Crippen LogP contribution is -2.47. The first kappa shape index (κ1) is 19.3. The molecule has 1 fully saturated rings. The molecule has 2 aromatic rings. The molecule has 27 heavy (non-hydrogen) atoms. The highest BCUT2D eigenvalue weighted by molar-refractivity contribution is 8.01. The lowest BCUT2D eigenvalue weighted by molar-refractivity contribution is -0.123. The Morgan fingerprint density at radius 2 is 1.67 bits per heavy atom. The summed E-state index contributed by atoms with van der Waals surface area (Å²) in [5.74, 6) is 0.148. The molecule has 0 unspecified atom stereocenters. The van der Waals surface area contributed by atoms with Crippen LogP contribution in [0.4, 0.5) is 15.9 Å². The highest BCUT2D eigenvalue weighted by atomic mass is 32.2. The molecule has 1 aliphatic rings. The summed E-state index contributed by atoms with van der Waals surface area (Å²) in [7, 11) is 0. The van der Waals surface area contributed by atoms with Crippen molar-refractivity contribution in [3.05, 3.63) is 42.5 Å². The van der Waals surface area contributed by atoms with Crippen molar-refractivity contribution in [2.24, 2.45) is 0 Å². The fourth-order valence-electron chi connectivity index (χ4n) is 3.02. The molecule has 6 nitrogen and oxygen atoms in total.